The molecule has 1 aromatic rings. The molecule has 6 heteroatoms. The first-order chi connectivity index (χ1) is 6.72. The molecule has 1 aromatic carbocycles. The minimum Gasteiger partial charge on any atom is -0.126 e. The van der Waals surface area contributed by atoms with Crippen LogP contribution in [0.3, 0.4) is 0 Å². The normalized spacial score (nSPS) is 11.9. The zero-order valence-corrected chi connectivity index (χ0v) is 13.0. The summed E-state index contributed by atoms with van der Waals surface area (Å²) in [5.74, 6) is 0. The summed E-state index contributed by atoms with van der Waals surface area (Å²) >= 11 is 29.9. The maximum atomic E-state index is 6.14. The average Bonchev–Trinajstić information content (AvgIpc) is 2.08. The number of rotatable bonds is 2. The molecular weight excluding hydrogens is 313 g/mol. The highest BCUT2D eigenvalue weighted by molar-refractivity contribution is 7.64. The van der Waals surface area contributed by atoms with Gasteiger partial charge in [-0.1, -0.05) is 29.3 Å². The Kier molecular flexibility index (Phi) is 4.68. The molecule has 15 heavy (non-hydrogen) atoms. The molecule has 1 rings (SSSR count). The highest BCUT2D eigenvalue weighted by atomic mass is 35.8. The third-order valence-electron chi connectivity index (χ3n) is 2.03. The molecule has 0 nitrogen and oxygen atoms in total. The smallest absolute Gasteiger partial charge is 0.126 e. The molecular formula is C9H9Cl5Si. The van der Waals surface area contributed by atoms with Crippen molar-refractivity contribution >= 4 is 62.4 Å². The van der Waals surface area contributed by atoms with Crippen LogP contribution in [0.4, 0.5) is 0 Å². The summed E-state index contributed by atoms with van der Waals surface area (Å²) in [5.41, 5.74) is 2.66. The van der Waals surface area contributed by atoms with Gasteiger partial charge in [0, 0.05) is 16.1 Å². The van der Waals surface area contributed by atoms with Gasteiger partial charge < -0.3 is 0 Å². The molecule has 0 aliphatic carbocycles. The maximum Gasteiger partial charge on any atom is 0.345 e. The topological polar surface area (TPSA) is 0 Å². The molecule has 0 fully saturated rings. The van der Waals surface area contributed by atoms with Crippen LogP contribution in [-0.4, -0.2) is 6.00 Å². The zero-order valence-electron chi connectivity index (χ0n) is 8.17. The summed E-state index contributed by atoms with van der Waals surface area (Å²) in [6.45, 7) is 3.82. The SMILES string of the molecule is Cc1cc(C)c(Cl)c(C[Si](Cl)(Cl)Cl)c1Cl. The van der Waals surface area contributed by atoms with Crippen LogP contribution in [0.25, 0.3) is 0 Å². The molecule has 0 atom stereocenters. The van der Waals surface area contributed by atoms with Gasteiger partial charge in [0.15, 0.2) is 0 Å². The van der Waals surface area contributed by atoms with Gasteiger partial charge in [0.2, 0.25) is 0 Å². The molecule has 0 aliphatic heterocycles. The molecule has 0 amide bonds. The van der Waals surface area contributed by atoms with E-state index in [4.69, 9.17) is 56.4 Å². The Balaban J connectivity index is 3.27. The van der Waals surface area contributed by atoms with E-state index < -0.39 is 6.00 Å². The fourth-order valence-electron chi connectivity index (χ4n) is 1.38. The molecule has 0 saturated carbocycles. The van der Waals surface area contributed by atoms with Crippen LogP contribution in [0, 0.1) is 13.8 Å². The third-order valence-corrected chi connectivity index (χ3v) is 5.04. The van der Waals surface area contributed by atoms with Gasteiger partial charge in [-0.05, 0) is 30.5 Å². The monoisotopic (exact) mass is 320 g/mol. The van der Waals surface area contributed by atoms with Crippen molar-refractivity contribution in [1.29, 1.82) is 0 Å². The Morgan fingerprint density at radius 3 is 1.73 bits per heavy atom. The van der Waals surface area contributed by atoms with E-state index in [9.17, 15) is 0 Å². The minimum absolute atomic E-state index is 0.345. The second-order valence-electron chi connectivity index (χ2n) is 3.41. The first kappa shape index (κ1) is 13.9. The van der Waals surface area contributed by atoms with Crippen LogP contribution in [0.5, 0.6) is 0 Å². The van der Waals surface area contributed by atoms with Crippen LogP contribution in [-0.2, 0) is 6.04 Å². The minimum atomic E-state index is -2.76. The molecule has 0 unspecified atom stereocenters. The van der Waals surface area contributed by atoms with Crippen LogP contribution in [0.15, 0.2) is 6.07 Å². The number of hydrogen-bond acceptors (Lipinski definition) is 0. The molecule has 0 saturated heterocycles. The first-order valence-corrected chi connectivity index (χ1v) is 10.2. The van der Waals surface area contributed by atoms with Crippen molar-refractivity contribution in [3.63, 3.8) is 0 Å². The lowest BCUT2D eigenvalue weighted by atomic mass is 10.1. The molecule has 84 valence electrons. The summed E-state index contributed by atoms with van der Waals surface area (Å²) in [5, 5.41) is 1.20. The highest BCUT2D eigenvalue weighted by Gasteiger charge is 2.28. The Morgan fingerprint density at radius 2 is 1.40 bits per heavy atom. The lowest BCUT2D eigenvalue weighted by Crippen LogP contribution is -2.15. The van der Waals surface area contributed by atoms with E-state index in [-0.39, 0.29) is 0 Å². The predicted molar refractivity (Wildman–Crippen MR) is 73.0 cm³/mol. The number of aryl methyl sites for hydroxylation is 2. The van der Waals surface area contributed by atoms with Crippen molar-refractivity contribution in [3.8, 4) is 0 Å². The summed E-state index contributed by atoms with van der Waals surface area (Å²) in [6.07, 6.45) is 0. The lowest BCUT2D eigenvalue weighted by Gasteiger charge is -2.14. The Morgan fingerprint density at radius 1 is 1.00 bits per heavy atom. The maximum absolute atomic E-state index is 6.14. The first-order valence-electron chi connectivity index (χ1n) is 4.23. The van der Waals surface area contributed by atoms with E-state index in [2.05, 4.69) is 0 Å². The van der Waals surface area contributed by atoms with Gasteiger partial charge in [0.05, 0.1) is 0 Å². The fraction of sp³-hybridized carbons (Fsp3) is 0.333. The van der Waals surface area contributed by atoms with Crippen LogP contribution in [0.2, 0.25) is 10.0 Å². The molecule has 0 aliphatic rings. The summed E-state index contributed by atoms with van der Waals surface area (Å²) < 4.78 is 0. The molecule has 0 aromatic heterocycles. The predicted octanol–water partition coefficient (Wildman–Crippen LogP) is 5.35. The largest absolute Gasteiger partial charge is 0.345 e. The van der Waals surface area contributed by atoms with Gasteiger partial charge in [-0.2, -0.15) is 0 Å². The van der Waals surface area contributed by atoms with Crippen molar-refractivity contribution in [2.75, 3.05) is 0 Å². The van der Waals surface area contributed by atoms with Gasteiger partial charge >= 0.3 is 6.00 Å². The second-order valence-corrected chi connectivity index (χ2v) is 13.3. The van der Waals surface area contributed by atoms with Gasteiger partial charge in [0.1, 0.15) is 0 Å². The zero-order chi connectivity index (χ0) is 11.8. The van der Waals surface area contributed by atoms with Crippen molar-refractivity contribution in [2.45, 2.75) is 19.9 Å². The molecule has 0 bridgehead atoms. The standard InChI is InChI=1S/C9H9Cl5Si/c1-5-3-6(2)9(11)7(8(5)10)4-15(12,13)14/h3H,4H2,1-2H3. The highest BCUT2D eigenvalue weighted by Crippen LogP contribution is 2.36. The molecule has 0 radical (unpaired) electrons. The number of hydrogen-bond donors (Lipinski definition) is 0. The summed E-state index contributed by atoms with van der Waals surface area (Å²) in [6, 6.07) is -0.489. The van der Waals surface area contributed by atoms with Crippen molar-refractivity contribution in [3.05, 3.63) is 32.8 Å². The van der Waals surface area contributed by atoms with E-state index in [1.165, 1.54) is 0 Å². The Labute approximate surface area is 115 Å². The van der Waals surface area contributed by atoms with Crippen LogP contribution >= 0.6 is 56.4 Å². The Bertz CT molecular complexity index is 357. The molecule has 0 N–H and O–H groups in total. The Hall–Kier alpha value is 0.887. The van der Waals surface area contributed by atoms with Gasteiger partial charge in [-0.3, -0.25) is 0 Å². The van der Waals surface area contributed by atoms with E-state index in [1.807, 2.05) is 19.9 Å². The average molecular weight is 323 g/mol. The second kappa shape index (κ2) is 5.03. The quantitative estimate of drug-likeness (QED) is 0.509. The summed E-state index contributed by atoms with van der Waals surface area (Å²) in [7, 11) is 0. The van der Waals surface area contributed by atoms with Crippen molar-refractivity contribution in [2.24, 2.45) is 0 Å². The fourth-order valence-corrected chi connectivity index (χ4v) is 4.04. The van der Waals surface area contributed by atoms with Crippen LogP contribution in [0.1, 0.15) is 16.7 Å². The van der Waals surface area contributed by atoms with E-state index in [0.29, 0.717) is 16.1 Å². The lowest BCUT2D eigenvalue weighted by molar-refractivity contribution is 1.29. The van der Waals surface area contributed by atoms with Gasteiger partial charge in [-0.15, -0.1) is 33.2 Å². The molecule has 0 spiro atoms. The molecule has 0 heterocycles. The van der Waals surface area contributed by atoms with Crippen LogP contribution < -0.4 is 0 Å². The summed E-state index contributed by atoms with van der Waals surface area (Å²) in [4.78, 5) is 0. The number of halogens is 5. The van der Waals surface area contributed by atoms with E-state index >= 15 is 0 Å². The van der Waals surface area contributed by atoms with E-state index in [1.54, 1.807) is 0 Å². The third kappa shape index (κ3) is 3.69. The van der Waals surface area contributed by atoms with Gasteiger partial charge in [0.25, 0.3) is 0 Å². The van der Waals surface area contributed by atoms with E-state index in [0.717, 1.165) is 16.7 Å². The number of benzene rings is 1. The van der Waals surface area contributed by atoms with Gasteiger partial charge in [-0.25, -0.2) is 0 Å². The van der Waals surface area contributed by atoms with Crippen molar-refractivity contribution in [1.82, 2.24) is 0 Å². The van der Waals surface area contributed by atoms with Crippen molar-refractivity contribution < 1.29 is 0 Å².